The van der Waals surface area contributed by atoms with Crippen LogP contribution in [0.5, 0.6) is 11.5 Å². The van der Waals surface area contributed by atoms with Gasteiger partial charge in [0.2, 0.25) is 0 Å². The molecule has 3 atom stereocenters. The van der Waals surface area contributed by atoms with E-state index in [1.54, 1.807) is 14.2 Å². The maximum atomic E-state index is 13.2. The highest BCUT2D eigenvalue weighted by atomic mass is 28.3. The van der Waals surface area contributed by atoms with Crippen LogP contribution in [0, 0.1) is 5.41 Å². The average Bonchev–Trinajstić information content (AvgIpc) is 3.37. The van der Waals surface area contributed by atoms with Gasteiger partial charge in [-0.25, -0.2) is 4.79 Å². The first-order valence-corrected chi connectivity index (χ1v) is 18.4. The Bertz CT molecular complexity index is 1700. The van der Waals surface area contributed by atoms with Crippen LogP contribution in [0.1, 0.15) is 43.9 Å². The third-order valence-electron chi connectivity index (χ3n) is 9.46. The zero-order valence-electron chi connectivity index (χ0n) is 27.6. The Labute approximate surface area is 271 Å². The number of nitrogens with one attached hydrogen (secondary N) is 1. The highest BCUT2D eigenvalue weighted by Gasteiger charge is 2.62. The van der Waals surface area contributed by atoms with E-state index < -0.39 is 48.1 Å². The van der Waals surface area contributed by atoms with Crippen LogP contribution in [0.4, 0.5) is 0 Å². The second kappa shape index (κ2) is 12.7. The summed E-state index contributed by atoms with van der Waals surface area (Å²) in [5, 5.41) is 11.5. The van der Waals surface area contributed by atoms with Crippen LogP contribution in [0.2, 0.25) is 13.1 Å². The number of nitrogens with zero attached hydrogens (tertiary/aromatic N) is 1. The van der Waals surface area contributed by atoms with E-state index >= 15 is 0 Å². The molecule has 9 nitrogen and oxygen atoms in total. The monoisotopic (exact) mass is 644 g/mol. The maximum Gasteiger partial charge on any atom is 0.330 e. The second-order valence-electron chi connectivity index (χ2n) is 13.3. The van der Waals surface area contributed by atoms with Crippen molar-refractivity contribution in [3.8, 4) is 11.5 Å². The Morgan fingerprint density at radius 2 is 1.39 bits per heavy atom. The largest absolute Gasteiger partial charge is 0.497 e. The molecule has 1 aliphatic heterocycles. The summed E-state index contributed by atoms with van der Waals surface area (Å²) in [5.74, 6) is 1.42. The lowest BCUT2D eigenvalue weighted by Crippen LogP contribution is -2.54. The van der Waals surface area contributed by atoms with Gasteiger partial charge < -0.3 is 24.1 Å². The average molecular weight is 645 g/mol. The summed E-state index contributed by atoms with van der Waals surface area (Å²) in [6, 6.07) is 26.8. The van der Waals surface area contributed by atoms with Gasteiger partial charge in [0.05, 0.1) is 29.6 Å². The Kier molecular flexibility index (Phi) is 9.20. The molecule has 2 N–H and O–H groups in total. The maximum absolute atomic E-state index is 13.2. The molecule has 0 spiro atoms. The number of H-pyrrole nitrogens is 1. The van der Waals surface area contributed by atoms with Gasteiger partial charge in [0, 0.05) is 18.7 Å². The van der Waals surface area contributed by atoms with E-state index in [0.29, 0.717) is 11.5 Å². The van der Waals surface area contributed by atoms with Crippen LogP contribution in [-0.2, 0) is 20.4 Å². The third kappa shape index (κ3) is 5.75. The normalized spacial score (nSPS) is 21.8. The van der Waals surface area contributed by atoms with Crippen LogP contribution in [-0.4, -0.2) is 56.0 Å². The van der Waals surface area contributed by atoms with Gasteiger partial charge in [0.25, 0.3) is 5.56 Å². The fourth-order valence-electron chi connectivity index (χ4n) is 6.56. The molecule has 0 amide bonds. The topological polar surface area (TPSA) is 112 Å². The second-order valence-corrected chi connectivity index (χ2v) is 16.5. The van der Waals surface area contributed by atoms with Gasteiger partial charge >= 0.3 is 5.69 Å². The molecule has 0 radical (unpaired) electrons. The molecule has 244 valence electrons. The summed E-state index contributed by atoms with van der Waals surface area (Å²) in [6.45, 7) is 10.0. The number of hydrogen-bond donors (Lipinski definition) is 2. The van der Waals surface area contributed by atoms with Crippen molar-refractivity contribution in [3.63, 3.8) is 0 Å². The van der Waals surface area contributed by atoms with Gasteiger partial charge in [0.1, 0.15) is 34.2 Å². The summed E-state index contributed by atoms with van der Waals surface area (Å²) in [6.07, 6.45) is 0.807. The van der Waals surface area contributed by atoms with Crippen LogP contribution >= 0.6 is 0 Å². The van der Waals surface area contributed by atoms with Gasteiger partial charge in [-0.15, -0.1) is 0 Å². The molecule has 0 bridgehead atoms. The standard InChI is InChI=1S/C36H44N2O7Si/c1-33(2,3)34(41)24-35(46(6)7,38-22-21-31(39)37-32(38)40)45-30(34)23-44-36(25-11-9-8-10-12-25,26-13-17-28(42-4)18-14-26)27-15-19-29(43-5)20-16-27/h8-22,30,41,46H,23-24H2,1-7H3,(H,37,39,40)/t30-,34+,35+/m1/s1. The van der Waals surface area contributed by atoms with E-state index in [4.69, 9.17) is 18.9 Å². The summed E-state index contributed by atoms with van der Waals surface area (Å²) >= 11 is 0. The summed E-state index contributed by atoms with van der Waals surface area (Å²) in [5.41, 5.74) is -1.66. The lowest BCUT2D eigenvalue weighted by molar-refractivity contribution is -0.158. The van der Waals surface area contributed by atoms with Crippen molar-refractivity contribution in [3.05, 3.63) is 129 Å². The summed E-state index contributed by atoms with van der Waals surface area (Å²) in [7, 11) is 1.34. The minimum absolute atomic E-state index is 0.0122. The molecule has 4 aromatic rings. The number of aromatic amines is 1. The van der Waals surface area contributed by atoms with Crippen molar-refractivity contribution in [2.24, 2.45) is 5.41 Å². The fourth-order valence-corrected chi connectivity index (χ4v) is 8.47. The lowest BCUT2D eigenvalue weighted by atomic mass is 9.72. The Morgan fingerprint density at radius 3 is 1.85 bits per heavy atom. The van der Waals surface area contributed by atoms with Crippen LogP contribution in [0.3, 0.4) is 0 Å². The highest BCUT2D eigenvalue weighted by molar-refractivity contribution is 6.58. The number of aliphatic hydroxyl groups is 1. The minimum atomic E-state index is -1.91. The predicted octanol–water partition coefficient (Wildman–Crippen LogP) is 4.81. The fraction of sp³-hybridized carbons (Fsp3) is 0.389. The van der Waals surface area contributed by atoms with Crippen molar-refractivity contribution in [2.45, 2.75) is 62.9 Å². The number of methoxy groups -OCH3 is 2. The van der Waals surface area contributed by atoms with Gasteiger partial charge in [-0.1, -0.05) is 88.5 Å². The molecular weight excluding hydrogens is 600 g/mol. The molecule has 46 heavy (non-hydrogen) atoms. The van der Waals surface area contributed by atoms with E-state index in [-0.39, 0.29) is 13.0 Å². The quantitative estimate of drug-likeness (QED) is 0.188. The molecule has 5 rings (SSSR count). The van der Waals surface area contributed by atoms with Crippen LogP contribution in [0.15, 0.2) is 101 Å². The molecule has 1 saturated heterocycles. The van der Waals surface area contributed by atoms with E-state index in [2.05, 4.69) is 18.1 Å². The smallest absolute Gasteiger partial charge is 0.330 e. The molecule has 0 saturated carbocycles. The SMILES string of the molecule is COc1ccc(C(OC[C@H]2O[C@](n3ccc(=O)[nH]c3=O)([SiH](C)C)C[C@@]2(O)C(C)(C)C)(c2ccccc2)c2ccc(OC)cc2)cc1. The van der Waals surface area contributed by atoms with Crippen molar-refractivity contribution in [1.82, 2.24) is 9.55 Å². The summed E-state index contributed by atoms with van der Waals surface area (Å²) < 4.78 is 26.5. The van der Waals surface area contributed by atoms with Crippen molar-refractivity contribution in [2.75, 3.05) is 20.8 Å². The zero-order chi connectivity index (χ0) is 33.3. The first kappa shape index (κ1) is 33.4. The van der Waals surface area contributed by atoms with Gasteiger partial charge in [0.15, 0.2) is 0 Å². The first-order valence-electron chi connectivity index (χ1n) is 15.5. The van der Waals surface area contributed by atoms with Crippen LogP contribution < -0.4 is 20.7 Å². The minimum Gasteiger partial charge on any atom is -0.497 e. The van der Waals surface area contributed by atoms with Gasteiger partial charge in [-0.2, -0.15) is 0 Å². The number of aromatic nitrogens is 2. The predicted molar refractivity (Wildman–Crippen MR) is 180 cm³/mol. The molecule has 1 aromatic heterocycles. The van der Waals surface area contributed by atoms with Gasteiger partial charge in [-0.05, 0) is 46.4 Å². The van der Waals surface area contributed by atoms with E-state index in [0.717, 1.165) is 16.7 Å². The van der Waals surface area contributed by atoms with Crippen LogP contribution in [0.25, 0.3) is 0 Å². The van der Waals surface area contributed by atoms with E-state index in [1.165, 1.54) is 16.8 Å². The van der Waals surface area contributed by atoms with Crippen molar-refractivity contribution < 1.29 is 24.1 Å². The molecule has 0 unspecified atom stereocenters. The zero-order valence-corrected chi connectivity index (χ0v) is 28.7. The third-order valence-corrected chi connectivity index (χ3v) is 11.9. The van der Waals surface area contributed by atoms with E-state index in [9.17, 15) is 14.7 Å². The molecule has 2 heterocycles. The van der Waals surface area contributed by atoms with E-state index in [1.807, 2.05) is 99.6 Å². The molecule has 10 heteroatoms. The Balaban J connectivity index is 1.68. The number of hydrogen-bond acceptors (Lipinski definition) is 7. The van der Waals surface area contributed by atoms with Crippen molar-refractivity contribution in [1.29, 1.82) is 0 Å². The molecule has 3 aromatic carbocycles. The first-order chi connectivity index (χ1) is 21.8. The van der Waals surface area contributed by atoms with Gasteiger partial charge in [-0.3, -0.25) is 14.3 Å². The Hall–Kier alpha value is -3.96. The molecule has 1 fully saturated rings. The highest BCUT2D eigenvalue weighted by Crippen LogP contribution is 2.52. The lowest BCUT2D eigenvalue weighted by Gasteiger charge is -2.42. The number of benzene rings is 3. The van der Waals surface area contributed by atoms with Crippen molar-refractivity contribution >= 4 is 8.80 Å². The summed E-state index contributed by atoms with van der Waals surface area (Å²) in [4.78, 5) is 27.6. The molecule has 0 aliphatic carbocycles. The molecular formula is C36H44N2O7Si. The number of ether oxygens (including phenoxy) is 4. The molecule has 1 aliphatic rings. The number of rotatable bonds is 10. The Morgan fingerprint density at radius 1 is 0.870 bits per heavy atom.